The van der Waals surface area contributed by atoms with Gasteiger partial charge in [0.2, 0.25) is 5.91 Å². The number of hydrogen-bond acceptors (Lipinski definition) is 15. The summed E-state index contributed by atoms with van der Waals surface area (Å²) >= 11 is 6.19. The maximum Gasteiger partial charge on any atom is 0.338 e. The first kappa shape index (κ1) is 41.6. The zero-order chi connectivity index (χ0) is 40.8. The Balaban J connectivity index is 1.28. The van der Waals surface area contributed by atoms with Crippen LogP contribution in [0.15, 0.2) is 78.9 Å². The van der Waals surface area contributed by atoms with E-state index in [0.717, 1.165) is 13.8 Å². The van der Waals surface area contributed by atoms with E-state index in [1.54, 1.807) is 42.5 Å². The molecule has 0 aliphatic carbocycles. The number of fused-ring (bicyclic) bond motifs is 1. The molecule has 11 atom stereocenters. The van der Waals surface area contributed by atoms with Crippen LogP contribution in [0.4, 0.5) is 5.69 Å². The molecular weight excluding hydrogens is 772 g/mol. The summed E-state index contributed by atoms with van der Waals surface area (Å²) in [4.78, 5) is 63.1. The summed E-state index contributed by atoms with van der Waals surface area (Å²) in [5.74, 6) is -3.68. The van der Waals surface area contributed by atoms with Crippen molar-refractivity contribution < 1.29 is 72.1 Å². The molecule has 3 aromatic carbocycles. The number of nitrogens with one attached hydrogen (secondary N) is 2. The van der Waals surface area contributed by atoms with Crippen LogP contribution in [-0.4, -0.2) is 114 Å². The van der Waals surface area contributed by atoms with E-state index in [-0.39, 0.29) is 28.4 Å². The summed E-state index contributed by atoms with van der Waals surface area (Å²) in [5.41, 5.74) is 1.00. The van der Waals surface area contributed by atoms with Crippen LogP contribution in [0.2, 0.25) is 5.02 Å². The van der Waals surface area contributed by atoms with Gasteiger partial charge in [-0.3, -0.25) is 19.2 Å². The van der Waals surface area contributed by atoms with Crippen molar-refractivity contribution in [1.29, 1.82) is 0 Å². The summed E-state index contributed by atoms with van der Waals surface area (Å²) in [6, 6.07) is 21.0. The lowest BCUT2D eigenvalue weighted by Gasteiger charge is -2.49. The molecule has 304 valence electrons. The Morgan fingerprint density at radius 3 is 2.12 bits per heavy atom. The molecule has 3 fully saturated rings. The first-order chi connectivity index (χ1) is 27.3. The maximum absolute atomic E-state index is 13.6. The molecule has 3 aliphatic heterocycles. The molecule has 4 N–H and O–H groups in total. The van der Waals surface area contributed by atoms with Crippen LogP contribution in [0.25, 0.3) is 0 Å². The summed E-state index contributed by atoms with van der Waals surface area (Å²) < 4.78 is 47.1. The first-order valence-electron chi connectivity index (χ1n) is 17.9. The predicted octanol–water partition coefficient (Wildman–Crippen LogP) is 2.42. The zero-order valence-corrected chi connectivity index (χ0v) is 31.6. The van der Waals surface area contributed by atoms with E-state index >= 15 is 0 Å². The highest BCUT2D eigenvalue weighted by Crippen LogP contribution is 2.37. The monoisotopic (exact) mass is 812 g/mol. The number of carbonyl (C=O) groups excluding carboxylic acids is 5. The van der Waals surface area contributed by atoms with Gasteiger partial charge >= 0.3 is 17.9 Å². The average Bonchev–Trinajstić information content (AvgIpc) is 3.18. The molecule has 3 heterocycles. The molecule has 0 aromatic heterocycles. The van der Waals surface area contributed by atoms with Gasteiger partial charge in [0, 0.05) is 31.9 Å². The van der Waals surface area contributed by atoms with Gasteiger partial charge in [0.25, 0.3) is 5.91 Å². The molecular formula is C39H41ClN2O15. The van der Waals surface area contributed by atoms with E-state index in [2.05, 4.69) is 10.6 Å². The molecule has 1 unspecified atom stereocenters. The Hall–Kier alpha value is -4.98. The minimum Gasteiger partial charge on any atom is -0.459 e. The number of amides is 2. The van der Waals surface area contributed by atoms with Crippen molar-refractivity contribution >= 4 is 47.0 Å². The van der Waals surface area contributed by atoms with Gasteiger partial charge in [0.1, 0.15) is 43.2 Å². The molecule has 0 bridgehead atoms. The highest BCUT2D eigenvalue weighted by molar-refractivity contribution is 6.33. The highest BCUT2D eigenvalue weighted by Gasteiger charge is 2.55. The fourth-order valence-corrected chi connectivity index (χ4v) is 6.74. The second-order valence-electron chi connectivity index (χ2n) is 13.4. The predicted molar refractivity (Wildman–Crippen MR) is 195 cm³/mol. The Kier molecular flexibility index (Phi) is 13.5. The molecule has 0 saturated carbocycles. The molecule has 17 nitrogen and oxygen atoms in total. The molecule has 3 saturated heterocycles. The SMILES string of the molecule is CC(=O)Nc1cc(C(=O)N[C@@H]2O[C@H](COC(=O)c3ccccc3)[C@@H](O[C@H]3O[C@@H]4COC(c5ccccc5)O[C@H]4[C@H](O)[C@H]3OC(C)=O)[C@H](O)[C@H]2OC(C)=O)ccc1Cl. The lowest BCUT2D eigenvalue weighted by molar-refractivity contribution is -0.379. The zero-order valence-electron chi connectivity index (χ0n) is 30.9. The van der Waals surface area contributed by atoms with Crippen LogP contribution in [0, 0.1) is 0 Å². The fourth-order valence-electron chi connectivity index (χ4n) is 6.58. The molecule has 0 spiro atoms. The minimum atomic E-state index is -1.84. The van der Waals surface area contributed by atoms with E-state index in [1.807, 2.05) is 6.07 Å². The minimum absolute atomic E-state index is 0.00281. The van der Waals surface area contributed by atoms with E-state index in [1.165, 1.54) is 37.3 Å². The van der Waals surface area contributed by atoms with E-state index in [4.69, 9.17) is 49.5 Å². The Morgan fingerprint density at radius 2 is 1.46 bits per heavy atom. The van der Waals surface area contributed by atoms with Crippen LogP contribution in [0.1, 0.15) is 53.3 Å². The molecule has 18 heteroatoms. The van der Waals surface area contributed by atoms with Crippen molar-refractivity contribution in [3.63, 3.8) is 0 Å². The van der Waals surface area contributed by atoms with Crippen LogP contribution < -0.4 is 10.6 Å². The maximum atomic E-state index is 13.6. The van der Waals surface area contributed by atoms with Crippen LogP contribution in [-0.2, 0) is 52.3 Å². The number of rotatable bonds is 11. The number of halogens is 1. The largest absolute Gasteiger partial charge is 0.459 e. The quantitative estimate of drug-likeness (QED) is 0.161. The molecule has 2 amide bonds. The fraction of sp³-hybridized carbons (Fsp3) is 0.410. The summed E-state index contributed by atoms with van der Waals surface area (Å²) in [5, 5.41) is 28.7. The first-order valence-corrected chi connectivity index (χ1v) is 18.3. The average molecular weight is 813 g/mol. The Bertz CT molecular complexity index is 1920. The van der Waals surface area contributed by atoms with Crippen molar-refractivity contribution in [3.05, 3.63) is 101 Å². The normalized spacial score (nSPS) is 29.5. The number of anilines is 1. The van der Waals surface area contributed by atoms with Gasteiger partial charge in [-0.25, -0.2) is 4.79 Å². The molecule has 0 radical (unpaired) electrons. The standard InChI is InChI=1S/C39H41ClN2O15/c1-19(43)41-26-16-24(14-15-25(26)40)35(48)42-36-33(52-20(2)44)29(46)31(27(54-36)17-50-37(49)22-10-6-4-7-11-22)57-39-34(53-21(3)45)30(47)32-28(55-39)18-51-38(56-32)23-12-8-5-9-13-23/h4-16,27-34,36,38-39,46-47H,17-18H2,1-3H3,(H,41,43)(H,42,48)/t27-,28-,29+,30+,31-,32-,33-,34-,36-,38?,39-/m1/s1. The third kappa shape index (κ3) is 10.1. The summed E-state index contributed by atoms with van der Waals surface area (Å²) in [7, 11) is 0. The van der Waals surface area contributed by atoms with Crippen molar-refractivity contribution in [2.45, 2.75) is 88.4 Å². The van der Waals surface area contributed by atoms with Gasteiger partial charge in [-0.05, 0) is 30.3 Å². The van der Waals surface area contributed by atoms with Gasteiger partial charge in [0.05, 0.1) is 22.9 Å². The highest BCUT2D eigenvalue weighted by atomic mass is 35.5. The molecule has 57 heavy (non-hydrogen) atoms. The smallest absolute Gasteiger partial charge is 0.338 e. The third-order valence-electron chi connectivity index (χ3n) is 9.14. The van der Waals surface area contributed by atoms with E-state index in [9.17, 15) is 34.2 Å². The second kappa shape index (κ2) is 18.5. The van der Waals surface area contributed by atoms with Gasteiger partial charge in [-0.2, -0.15) is 0 Å². The van der Waals surface area contributed by atoms with E-state index in [0.29, 0.717) is 5.56 Å². The van der Waals surface area contributed by atoms with Crippen LogP contribution in [0.5, 0.6) is 0 Å². The Morgan fingerprint density at radius 1 is 0.789 bits per heavy atom. The number of ether oxygens (including phenoxy) is 8. The Labute approximate surface area is 331 Å². The van der Waals surface area contributed by atoms with Crippen molar-refractivity contribution in [2.24, 2.45) is 0 Å². The third-order valence-corrected chi connectivity index (χ3v) is 9.47. The number of aliphatic hydroxyl groups excluding tert-OH is 2. The molecule has 6 rings (SSSR count). The number of esters is 3. The number of hydrogen-bond donors (Lipinski definition) is 4. The lowest BCUT2D eigenvalue weighted by Crippen LogP contribution is -2.68. The van der Waals surface area contributed by atoms with Crippen molar-refractivity contribution in [1.82, 2.24) is 5.32 Å². The summed E-state index contributed by atoms with van der Waals surface area (Å²) in [6.45, 7) is 2.76. The molecule has 3 aromatic rings. The van der Waals surface area contributed by atoms with Gasteiger partial charge in [0.15, 0.2) is 31.0 Å². The topological polar surface area (TPSA) is 224 Å². The number of aliphatic hydroxyl groups is 2. The van der Waals surface area contributed by atoms with Crippen LogP contribution >= 0.6 is 11.6 Å². The van der Waals surface area contributed by atoms with Crippen LogP contribution in [0.3, 0.4) is 0 Å². The lowest BCUT2D eigenvalue weighted by atomic mass is 9.95. The second-order valence-corrected chi connectivity index (χ2v) is 13.8. The summed E-state index contributed by atoms with van der Waals surface area (Å²) in [6.07, 6.45) is -15.7. The van der Waals surface area contributed by atoms with E-state index < -0.39 is 104 Å². The van der Waals surface area contributed by atoms with Crippen molar-refractivity contribution in [2.75, 3.05) is 18.5 Å². The van der Waals surface area contributed by atoms with Gasteiger partial charge in [-0.15, -0.1) is 0 Å². The molecule has 3 aliphatic rings. The van der Waals surface area contributed by atoms with Gasteiger partial charge < -0.3 is 58.7 Å². The van der Waals surface area contributed by atoms with Gasteiger partial charge in [-0.1, -0.05) is 60.1 Å². The number of carbonyl (C=O) groups is 5. The van der Waals surface area contributed by atoms with Crippen molar-refractivity contribution in [3.8, 4) is 0 Å². The number of benzene rings is 3.